The van der Waals surface area contributed by atoms with E-state index in [4.69, 9.17) is 9.73 Å². The minimum atomic E-state index is -0.452. The molecule has 0 aliphatic rings. The van der Waals surface area contributed by atoms with Crippen LogP contribution in [0.25, 0.3) is 21.9 Å². The number of rotatable bonds is 7. The molecular formula is C28H25N5O3. The van der Waals surface area contributed by atoms with Gasteiger partial charge in [-0.2, -0.15) is 0 Å². The summed E-state index contributed by atoms with van der Waals surface area (Å²) < 4.78 is 4.84. The van der Waals surface area contributed by atoms with E-state index in [9.17, 15) is 9.90 Å². The first-order valence-corrected chi connectivity index (χ1v) is 11.6. The highest BCUT2D eigenvalue weighted by molar-refractivity contribution is 6.22. The number of carbonyl (C=O) groups excluding carboxylic acids is 1. The van der Waals surface area contributed by atoms with Gasteiger partial charge in [0.25, 0.3) is 0 Å². The number of hydrogen-bond acceptors (Lipinski definition) is 7. The van der Waals surface area contributed by atoms with Crippen molar-refractivity contribution in [2.75, 3.05) is 13.7 Å². The fourth-order valence-electron chi connectivity index (χ4n) is 4.13. The third-order valence-electron chi connectivity index (χ3n) is 5.94. The molecule has 8 nitrogen and oxygen atoms in total. The van der Waals surface area contributed by atoms with Gasteiger partial charge < -0.3 is 20.1 Å². The molecule has 5 aromatic rings. The molecule has 180 valence electrons. The van der Waals surface area contributed by atoms with Crippen molar-refractivity contribution in [3.8, 4) is 5.88 Å². The molecule has 3 N–H and O–H groups in total. The van der Waals surface area contributed by atoms with Gasteiger partial charge in [0.2, 0.25) is 0 Å². The van der Waals surface area contributed by atoms with E-state index in [-0.39, 0.29) is 5.88 Å². The zero-order chi connectivity index (χ0) is 25.1. The third-order valence-corrected chi connectivity index (χ3v) is 5.94. The largest absolute Gasteiger partial charge is 0.494 e. The predicted octanol–water partition coefficient (Wildman–Crippen LogP) is 4.88. The fourth-order valence-corrected chi connectivity index (χ4v) is 4.13. The van der Waals surface area contributed by atoms with Crippen molar-refractivity contribution in [1.82, 2.24) is 20.3 Å². The molecule has 0 radical (unpaired) electrons. The number of hydrogen-bond donors (Lipinski definition) is 3. The molecule has 0 unspecified atom stereocenters. The number of fused-ring (bicyclic) bond motifs is 2. The molecule has 0 aliphatic carbocycles. The third kappa shape index (κ3) is 4.54. The van der Waals surface area contributed by atoms with Crippen LogP contribution in [0.4, 0.5) is 5.69 Å². The van der Waals surface area contributed by atoms with Crippen LogP contribution in [0.5, 0.6) is 5.88 Å². The Morgan fingerprint density at radius 1 is 1.00 bits per heavy atom. The number of aromatic hydroxyl groups is 1. The second kappa shape index (κ2) is 9.97. The Morgan fingerprint density at radius 2 is 1.75 bits per heavy atom. The number of ether oxygens (including phenoxy) is 1. The average Bonchev–Trinajstić information content (AvgIpc) is 3.25. The monoisotopic (exact) mass is 479 g/mol. The highest BCUT2D eigenvalue weighted by Crippen LogP contribution is 2.33. The zero-order valence-electron chi connectivity index (χ0n) is 19.9. The molecule has 0 atom stereocenters. The van der Waals surface area contributed by atoms with Gasteiger partial charge in [0, 0.05) is 35.4 Å². The minimum absolute atomic E-state index is 0.0474. The summed E-state index contributed by atoms with van der Waals surface area (Å²) in [7, 11) is 1.33. The number of aromatic amines is 1. The number of benzene rings is 3. The van der Waals surface area contributed by atoms with Gasteiger partial charge in [0.1, 0.15) is 0 Å². The zero-order valence-corrected chi connectivity index (χ0v) is 19.9. The topological polar surface area (TPSA) is 112 Å². The van der Waals surface area contributed by atoms with Crippen LogP contribution in [0, 0.1) is 0 Å². The Hall–Kier alpha value is -4.56. The lowest BCUT2D eigenvalue weighted by Gasteiger charge is -2.09. The summed E-state index contributed by atoms with van der Waals surface area (Å²) >= 11 is 0. The first-order chi connectivity index (χ1) is 17.6. The number of carbonyl (C=O) groups is 1. The second-order valence-electron chi connectivity index (χ2n) is 8.27. The molecule has 2 heterocycles. The summed E-state index contributed by atoms with van der Waals surface area (Å²) in [6.45, 7) is 3.75. The lowest BCUT2D eigenvalue weighted by Crippen LogP contribution is -2.11. The predicted molar refractivity (Wildman–Crippen MR) is 140 cm³/mol. The maximum Gasteiger partial charge on any atom is 0.337 e. The highest BCUT2D eigenvalue weighted by Gasteiger charge is 2.20. The van der Waals surface area contributed by atoms with E-state index in [0.29, 0.717) is 22.4 Å². The van der Waals surface area contributed by atoms with Gasteiger partial charge in [-0.15, -0.1) is 0 Å². The number of aromatic nitrogens is 3. The lowest BCUT2D eigenvalue weighted by molar-refractivity contribution is 0.0601. The Kier molecular flexibility index (Phi) is 6.42. The van der Waals surface area contributed by atoms with Gasteiger partial charge in [0.05, 0.1) is 40.7 Å². The second-order valence-corrected chi connectivity index (χ2v) is 8.27. The van der Waals surface area contributed by atoms with Crippen molar-refractivity contribution in [3.63, 3.8) is 0 Å². The maximum absolute atomic E-state index is 12.0. The molecule has 0 spiro atoms. The number of nitrogens with one attached hydrogen (secondary N) is 2. The number of nitrogens with zero attached hydrogens (tertiary/aromatic N) is 3. The molecule has 0 saturated carbocycles. The highest BCUT2D eigenvalue weighted by atomic mass is 16.5. The molecule has 36 heavy (non-hydrogen) atoms. The van der Waals surface area contributed by atoms with Gasteiger partial charge in [-0.3, -0.25) is 9.97 Å². The summed E-state index contributed by atoms with van der Waals surface area (Å²) in [4.78, 5) is 28.8. The first kappa shape index (κ1) is 23.2. The molecule has 8 heteroatoms. The number of methoxy groups -OCH3 is 1. The summed E-state index contributed by atoms with van der Waals surface area (Å²) in [5.74, 6) is -0.499. The fraction of sp³-hybridized carbons (Fsp3) is 0.143. The molecule has 0 saturated heterocycles. The van der Waals surface area contributed by atoms with E-state index < -0.39 is 5.97 Å². The summed E-state index contributed by atoms with van der Waals surface area (Å²) in [6, 6.07) is 18.8. The van der Waals surface area contributed by atoms with E-state index >= 15 is 0 Å². The van der Waals surface area contributed by atoms with E-state index in [0.717, 1.165) is 46.3 Å². The van der Waals surface area contributed by atoms with Crippen molar-refractivity contribution in [2.24, 2.45) is 4.99 Å². The van der Waals surface area contributed by atoms with Crippen LogP contribution in [0.1, 0.15) is 34.0 Å². The van der Waals surface area contributed by atoms with Crippen molar-refractivity contribution in [1.29, 1.82) is 0 Å². The van der Waals surface area contributed by atoms with Crippen molar-refractivity contribution < 1.29 is 14.6 Å². The van der Waals surface area contributed by atoms with E-state index in [1.165, 1.54) is 7.11 Å². The van der Waals surface area contributed by atoms with Gasteiger partial charge in [-0.25, -0.2) is 9.79 Å². The normalized spacial score (nSPS) is 11.8. The average molecular weight is 480 g/mol. The van der Waals surface area contributed by atoms with Crippen LogP contribution in [0.3, 0.4) is 0 Å². The van der Waals surface area contributed by atoms with E-state index in [1.807, 2.05) is 42.5 Å². The van der Waals surface area contributed by atoms with Crippen LogP contribution in [-0.4, -0.2) is 45.4 Å². The Morgan fingerprint density at radius 3 is 2.50 bits per heavy atom. The van der Waals surface area contributed by atoms with Crippen LogP contribution in [0.15, 0.2) is 78.0 Å². The maximum atomic E-state index is 12.0. The lowest BCUT2D eigenvalue weighted by atomic mass is 9.99. The molecule has 0 aliphatic heterocycles. The van der Waals surface area contributed by atoms with Gasteiger partial charge in [0.15, 0.2) is 5.88 Å². The van der Waals surface area contributed by atoms with Crippen molar-refractivity contribution in [3.05, 3.63) is 95.3 Å². The molecule has 2 aromatic heterocycles. The standard InChI is InChI=1S/C28H25N5O3/c1-3-29-16-17-4-8-20(9-5-17)32-26(18-7-11-22-24(14-18)31-13-12-30-22)25-21-10-6-19(28(35)36-2)15-23(21)33-27(25)34/h4-15,29,33-34H,3,16H2,1-2H3. The number of esters is 1. The molecule has 0 bridgehead atoms. The minimum Gasteiger partial charge on any atom is -0.494 e. The van der Waals surface area contributed by atoms with Crippen LogP contribution in [-0.2, 0) is 11.3 Å². The molecule has 5 rings (SSSR count). The van der Waals surface area contributed by atoms with Crippen molar-refractivity contribution >= 4 is 39.3 Å². The van der Waals surface area contributed by atoms with Crippen LogP contribution in [0.2, 0.25) is 0 Å². The first-order valence-electron chi connectivity index (χ1n) is 11.6. The quantitative estimate of drug-likeness (QED) is 0.227. The van der Waals surface area contributed by atoms with E-state index in [2.05, 4.69) is 27.2 Å². The Labute approximate surface area is 207 Å². The Balaban J connectivity index is 1.67. The van der Waals surface area contributed by atoms with Gasteiger partial charge >= 0.3 is 5.97 Å². The Bertz CT molecular complexity index is 1590. The molecule has 0 fully saturated rings. The van der Waals surface area contributed by atoms with Crippen LogP contribution < -0.4 is 5.32 Å². The smallest absolute Gasteiger partial charge is 0.337 e. The van der Waals surface area contributed by atoms with E-state index in [1.54, 1.807) is 30.6 Å². The SMILES string of the molecule is CCNCc1ccc(N=C(c2ccc3nccnc3c2)c2c(O)[nH]c3cc(C(=O)OC)ccc23)cc1. The number of H-pyrrole nitrogens is 1. The van der Waals surface area contributed by atoms with Gasteiger partial charge in [-0.05, 0) is 48.5 Å². The molecule has 3 aromatic carbocycles. The van der Waals surface area contributed by atoms with Gasteiger partial charge in [-0.1, -0.05) is 31.2 Å². The van der Waals surface area contributed by atoms with Crippen molar-refractivity contribution in [2.45, 2.75) is 13.5 Å². The summed E-state index contributed by atoms with van der Waals surface area (Å²) in [5.41, 5.74) is 6.22. The summed E-state index contributed by atoms with van der Waals surface area (Å²) in [5, 5.41) is 15.0. The summed E-state index contributed by atoms with van der Waals surface area (Å²) in [6.07, 6.45) is 3.29. The molecular weight excluding hydrogens is 454 g/mol. The number of aliphatic imine (C=N–C) groups is 1. The molecule has 0 amide bonds. The van der Waals surface area contributed by atoms with Crippen LogP contribution >= 0.6 is 0 Å².